The summed E-state index contributed by atoms with van der Waals surface area (Å²) in [5.74, 6) is 1.59. The summed E-state index contributed by atoms with van der Waals surface area (Å²) in [6, 6.07) is 43.2. The lowest BCUT2D eigenvalue weighted by molar-refractivity contribution is 0.00499. The minimum absolute atomic E-state index is 0.452. The van der Waals surface area contributed by atoms with Gasteiger partial charge >= 0.3 is 0 Å². The lowest BCUT2D eigenvalue weighted by Crippen LogP contribution is -2.14. The van der Waals surface area contributed by atoms with Gasteiger partial charge in [-0.05, 0) is 119 Å². The molecule has 0 N–H and O–H groups in total. The third-order valence-corrected chi connectivity index (χ3v) is 10.8. The maximum Gasteiger partial charge on any atom is 0.119 e. The van der Waals surface area contributed by atoms with Crippen LogP contribution in [0.3, 0.4) is 0 Å². The second kappa shape index (κ2) is 16.1. The van der Waals surface area contributed by atoms with Gasteiger partial charge in [0.05, 0.1) is 88.1 Å². The molecule has 0 saturated heterocycles. The summed E-state index contributed by atoms with van der Waals surface area (Å²) >= 11 is 0. The second-order valence-electron chi connectivity index (χ2n) is 14.6. The third-order valence-electron chi connectivity index (χ3n) is 10.8. The van der Waals surface area contributed by atoms with Gasteiger partial charge in [-0.15, -0.1) is 0 Å². The highest BCUT2D eigenvalue weighted by Gasteiger charge is 2.17. The van der Waals surface area contributed by atoms with Crippen molar-refractivity contribution in [1.82, 2.24) is 9.13 Å². The van der Waals surface area contributed by atoms with E-state index in [1.54, 1.807) is 0 Å². The molecule has 18 rings (SSSR count). The lowest BCUT2D eigenvalue weighted by atomic mass is 10.1. The number of aromatic nitrogens is 2. The molecule has 12 heterocycles. The molecule has 0 aliphatic carbocycles. The van der Waals surface area contributed by atoms with Crippen LogP contribution in [0.25, 0.3) is 55.0 Å². The van der Waals surface area contributed by atoms with E-state index in [1.807, 2.05) is 24.3 Å². The van der Waals surface area contributed by atoms with E-state index in [4.69, 9.17) is 33.2 Å². The van der Waals surface area contributed by atoms with E-state index < -0.39 is 0 Å². The monoisotopic (exact) mass is 760 g/mol. The minimum Gasteiger partial charge on any atom is -0.491 e. The summed E-state index contributed by atoms with van der Waals surface area (Å²) in [6.07, 6.45) is 0. The van der Waals surface area contributed by atoms with Gasteiger partial charge in [0.1, 0.15) is 24.7 Å². The van der Waals surface area contributed by atoms with Crippen LogP contribution < -0.4 is 9.47 Å². The summed E-state index contributed by atoms with van der Waals surface area (Å²) in [4.78, 5) is 0. The lowest BCUT2D eigenvalue weighted by Gasteiger charge is -2.12. The molecule has 0 saturated carbocycles. The fourth-order valence-electron chi connectivity index (χ4n) is 8.09. The van der Waals surface area contributed by atoms with E-state index >= 15 is 0 Å². The minimum atomic E-state index is 0.452. The van der Waals surface area contributed by atoms with Crippen molar-refractivity contribution < 1.29 is 33.2 Å². The maximum atomic E-state index is 6.44. The number of fused-ring (bicyclic) bond motifs is 3. The van der Waals surface area contributed by atoms with Crippen LogP contribution in [0, 0.1) is 0 Å². The first-order chi connectivity index (χ1) is 28.2. The average Bonchev–Trinajstić information content (AvgIpc) is 3.74. The Bertz CT molecular complexity index is 2370. The van der Waals surface area contributed by atoms with Gasteiger partial charge in [0.25, 0.3) is 0 Å². The van der Waals surface area contributed by atoms with Gasteiger partial charge in [-0.2, -0.15) is 0 Å². The second-order valence-corrected chi connectivity index (χ2v) is 14.6. The maximum absolute atomic E-state index is 6.44. The smallest absolute Gasteiger partial charge is 0.119 e. The van der Waals surface area contributed by atoms with E-state index in [0.29, 0.717) is 79.3 Å². The third kappa shape index (κ3) is 7.36. The first-order valence-electron chi connectivity index (χ1n) is 19.7. The topological polar surface area (TPSA) is 74.5 Å². The summed E-state index contributed by atoms with van der Waals surface area (Å²) in [5, 5.41) is 4.71. The van der Waals surface area contributed by atoms with E-state index in [-0.39, 0.29) is 0 Å². The average molecular weight is 761 g/mol. The molecular formula is C48H44N2O7. The van der Waals surface area contributed by atoms with Crippen LogP contribution in [0.4, 0.5) is 0 Å². The highest BCUT2D eigenvalue weighted by Crippen LogP contribution is 2.36. The quantitative estimate of drug-likeness (QED) is 0.153. The molecule has 0 spiro atoms. The van der Waals surface area contributed by atoms with Crippen LogP contribution in [-0.2, 0) is 50.1 Å². The molecule has 8 aromatic rings. The Hall–Kier alpha value is -5.68. The molecule has 57 heavy (non-hydrogen) atoms. The van der Waals surface area contributed by atoms with Crippen LogP contribution in [0.1, 0.15) is 22.3 Å². The number of ether oxygens (including phenoxy) is 7. The number of hydrogen-bond acceptors (Lipinski definition) is 7. The molecule has 9 nitrogen and oxygen atoms in total. The summed E-state index contributed by atoms with van der Waals surface area (Å²) < 4.78 is 46.7. The Morgan fingerprint density at radius 3 is 0.912 bits per heavy atom. The predicted molar refractivity (Wildman–Crippen MR) is 222 cm³/mol. The largest absolute Gasteiger partial charge is 0.491 e. The Balaban J connectivity index is 1.03. The van der Waals surface area contributed by atoms with Crippen molar-refractivity contribution in [1.29, 1.82) is 0 Å². The van der Waals surface area contributed by atoms with E-state index in [1.165, 1.54) is 21.5 Å². The highest BCUT2D eigenvalue weighted by atomic mass is 16.6. The molecule has 0 fully saturated rings. The molecular weight excluding hydrogens is 717 g/mol. The standard InChI is InChI=1S/C48H44N2O7/c1-13-45-41-25-33(1)29-54-30-34-3-15-47-43(27-34)44-28-36-4-16-48(44)50(47)38-7-11-40(12-8-38)57-24-22-53-20-18-51-17-19-52-21-23-56-39-9-5-37(6-10-39)49(45)46-14-2-35(26-42(41)46)31-55-32-36/h1-16,25-28H,17-24,29-32H2. The molecule has 10 aliphatic heterocycles. The van der Waals surface area contributed by atoms with Gasteiger partial charge in [0.15, 0.2) is 0 Å². The van der Waals surface area contributed by atoms with E-state index in [0.717, 1.165) is 67.2 Å². The van der Waals surface area contributed by atoms with Crippen LogP contribution in [0.15, 0.2) is 121 Å². The number of hydrogen-bond donors (Lipinski definition) is 0. The SMILES string of the molecule is c1cc2c3cc1COCc1ccc4c(c1)c1cc5ccc1n4-c1ccc(cc1)OCCOCCOCCOCCOc1ccc(cc1)-n2c1ccc(cc31)COC5. The van der Waals surface area contributed by atoms with Crippen molar-refractivity contribution in [3.63, 3.8) is 0 Å². The van der Waals surface area contributed by atoms with Gasteiger partial charge < -0.3 is 42.3 Å². The number of nitrogens with zero attached hydrogens (tertiary/aromatic N) is 2. The Morgan fingerprint density at radius 1 is 0.298 bits per heavy atom. The highest BCUT2D eigenvalue weighted by molar-refractivity contribution is 6.10. The van der Waals surface area contributed by atoms with Crippen molar-refractivity contribution in [2.24, 2.45) is 0 Å². The Morgan fingerprint density at radius 2 is 0.596 bits per heavy atom. The molecule has 0 radical (unpaired) electrons. The van der Waals surface area contributed by atoms with Gasteiger partial charge in [0, 0.05) is 32.9 Å². The predicted octanol–water partition coefficient (Wildman–Crippen LogP) is 9.45. The molecule has 0 amide bonds. The van der Waals surface area contributed by atoms with E-state index in [2.05, 4.69) is 106 Å². The zero-order valence-corrected chi connectivity index (χ0v) is 31.8. The van der Waals surface area contributed by atoms with Crippen molar-refractivity contribution in [3.05, 3.63) is 144 Å². The molecule has 10 aliphatic rings. The van der Waals surface area contributed by atoms with Gasteiger partial charge in [0.2, 0.25) is 0 Å². The Kier molecular flexibility index (Phi) is 10.1. The molecule has 0 atom stereocenters. The normalized spacial score (nSPS) is 16.2. The molecule has 2 aromatic heterocycles. The van der Waals surface area contributed by atoms with Crippen molar-refractivity contribution in [2.45, 2.75) is 26.4 Å². The van der Waals surface area contributed by atoms with E-state index in [9.17, 15) is 0 Å². The fraction of sp³-hybridized carbons (Fsp3) is 0.250. The van der Waals surface area contributed by atoms with Crippen molar-refractivity contribution >= 4 is 43.6 Å². The van der Waals surface area contributed by atoms with Crippen LogP contribution in [0.5, 0.6) is 11.5 Å². The zero-order chi connectivity index (χ0) is 38.0. The number of benzene rings is 6. The fourth-order valence-corrected chi connectivity index (χ4v) is 8.09. The summed E-state index contributed by atoms with van der Waals surface area (Å²) in [6.45, 7) is 5.83. The molecule has 9 heteroatoms. The van der Waals surface area contributed by atoms with Crippen molar-refractivity contribution in [3.8, 4) is 22.9 Å². The van der Waals surface area contributed by atoms with Gasteiger partial charge in [-0.3, -0.25) is 0 Å². The summed E-state index contributed by atoms with van der Waals surface area (Å²) in [7, 11) is 0. The zero-order valence-electron chi connectivity index (χ0n) is 31.8. The molecule has 6 aromatic carbocycles. The molecule has 0 unspecified atom stereocenters. The molecule has 18 bridgehead atoms. The van der Waals surface area contributed by atoms with Gasteiger partial charge in [-0.1, -0.05) is 24.3 Å². The van der Waals surface area contributed by atoms with Gasteiger partial charge in [-0.25, -0.2) is 0 Å². The van der Waals surface area contributed by atoms with Crippen LogP contribution in [-0.4, -0.2) is 62.0 Å². The number of rotatable bonds is 0. The summed E-state index contributed by atoms with van der Waals surface area (Å²) in [5.41, 5.74) is 11.2. The van der Waals surface area contributed by atoms with Crippen molar-refractivity contribution in [2.75, 3.05) is 52.9 Å². The first kappa shape index (κ1) is 35.7. The van der Waals surface area contributed by atoms with Crippen LogP contribution in [0.2, 0.25) is 0 Å². The van der Waals surface area contributed by atoms with Crippen LogP contribution >= 0.6 is 0 Å². The Labute approximate surface area is 330 Å². The molecule has 288 valence electrons. The first-order valence-corrected chi connectivity index (χ1v) is 19.7.